The Bertz CT molecular complexity index is 771. The van der Waals surface area contributed by atoms with Crippen LogP contribution in [-0.2, 0) is 4.79 Å². The van der Waals surface area contributed by atoms with E-state index >= 15 is 0 Å². The fourth-order valence-corrected chi connectivity index (χ4v) is 3.46. The summed E-state index contributed by atoms with van der Waals surface area (Å²) in [5, 5.41) is 9.29. The fraction of sp³-hybridized carbons (Fsp3) is 0.409. The molecule has 148 valence electrons. The number of carbonyl (C=O) groups excluding carboxylic acids is 2. The van der Waals surface area contributed by atoms with Crippen molar-refractivity contribution in [3.8, 4) is 0 Å². The van der Waals surface area contributed by atoms with E-state index in [1.54, 1.807) is 24.5 Å². The van der Waals surface area contributed by atoms with Gasteiger partial charge in [0.1, 0.15) is 0 Å². The average Bonchev–Trinajstić information content (AvgIpc) is 2.74. The summed E-state index contributed by atoms with van der Waals surface area (Å²) < 4.78 is 0. The summed E-state index contributed by atoms with van der Waals surface area (Å²) in [6.45, 7) is 4.10. The third-order valence-electron chi connectivity index (χ3n) is 5.23. The van der Waals surface area contributed by atoms with Crippen molar-refractivity contribution in [2.24, 2.45) is 5.92 Å². The number of aromatic nitrogens is 1. The molecule has 2 aromatic rings. The van der Waals surface area contributed by atoms with Gasteiger partial charge < -0.3 is 16.0 Å². The van der Waals surface area contributed by atoms with Gasteiger partial charge in [0.15, 0.2) is 0 Å². The largest absolute Gasteiger partial charge is 0.350 e. The number of piperidine rings is 1. The highest BCUT2D eigenvalue weighted by Crippen LogP contribution is 2.19. The molecule has 2 heterocycles. The highest BCUT2D eigenvalue weighted by Gasteiger charge is 2.16. The highest BCUT2D eigenvalue weighted by molar-refractivity contribution is 6.04. The fourth-order valence-electron chi connectivity index (χ4n) is 3.46. The number of amides is 2. The van der Waals surface area contributed by atoms with E-state index < -0.39 is 0 Å². The van der Waals surface area contributed by atoms with Gasteiger partial charge in [-0.15, -0.1) is 0 Å². The third-order valence-corrected chi connectivity index (χ3v) is 5.23. The van der Waals surface area contributed by atoms with E-state index in [9.17, 15) is 9.59 Å². The lowest BCUT2D eigenvalue weighted by molar-refractivity contribution is -0.122. The Morgan fingerprint density at radius 3 is 2.46 bits per heavy atom. The Hall–Kier alpha value is -2.73. The molecule has 0 radical (unpaired) electrons. The average molecular weight is 380 g/mol. The first-order chi connectivity index (χ1) is 13.6. The van der Waals surface area contributed by atoms with Gasteiger partial charge in [0.05, 0.1) is 6.04 Å². The predicted molar refractivity (Wildman–Crippen MR) is 110 cm³/mol. The van der Waals surface area contributed by atoms with Crippen molar-refractivity contribution >= 4 is 17.5 Å². The summed E-state index contributed by atoms with van der Waals surface area (Å²) >= 11 is 0. The van der Waals surface area contributed by atoms with Gasteiger partial charge in [-0.2, -0.15) is 0 Å². The van der Waals surface area contributed by atoms with E-state index in [4.69, 9.17) is 0 Å². The van der Waals surface area contributed by atoms with E-state index in [2.05, 4.69) is 20.9 Å². The molecule has 6 nitrogen and oxygen atoms in total. The SMILES string of the molecule is CC(NC(=O)CCC1CCNCC1)c1ccc(NC(=O)c2ccncc2)cc1. The second-order valence-corrected chi connectivity index (χ2v) is 7.33. The molecule has 1 aliphatic rings. The summed E-state index contributed by atoms with van der Waals surface area (Å²) in [5.41, 5.74) is 2.29. The van der Waals surface area contributed by atoms with Crippen LogP contribution in [0.15, 0.2) is 48.8 Å². The zero-order valence-electron chi connectivity index (χ0n) is 16.3. The van der Waals surface area contributed by atoms with Crippen LogP contribution in [0.25, 0.3) is 0 Å². The van der Waals surface area contributed by atoms with Crippen LogP contribution in [-0.4, -0.2) is 29.9 Å². The van der Waals surface area contributed by atoms with Crippen LogP contribution >= 0.6 is 0 Å². The van der Waals surface area contributed by atoms with Crippen LogP contribution in [0.4, 0.5) is 5.69 Å². The molecule has 28 heavy (non-hydrogen) atoms. The number of pyridine rings is 1. The molecule has 0 aliphatic carbocycles. The quantitative estimate of drug-likeness (QED) is 0.688. The summed E-state index contributed by atoms with van der Waals surface area (Å²) in [7, 11) is 0. The molecule has 3 N–H and O–H groups in total. The van der Waals surface area contributed by atoms with Gasteiger partial charge in [0, 0.05) is 30.1 Å². The molecule has 6 heteroatoms. The van der Waals surface area contributed by atoms with Gasteiger partial charge in [-0.3, -0.25) is 14.6 Å². The van der Waals surface area contributed by atoms with E-state index in [1.807, 2.05) is 31.2 Å². The lowest BCUT2D eigenvalue weighted by Gasteiger charge is -2.22. The van der Waals surface area contributed by atoms with Gasteiger partial charge in [0.2, 0.25) is 5.91 Å². The molecule has 0 saturated carbocycles. The smallest absolute Gasteiger partial charge is 0.255 e. The van der Waals surface area contributed by atoms with Gasteiger partial charge in [-0.05, 0) is 75.0 Å². The molecule has 2 amide bonds. The van der Waals surface area contributed by atoms with Crippen LogP contribution in [0.3, 0.4) is 0 Å². The first-order valence-corrected chi connectivity index (χ1v) is 9.93. The number of hydrogen-bond acceptors (Lipinski definition) is 4. The van der Waals surface area contributed by atoms with Gasteiger partial charge >= 0.3 is 0 Å². The van der Waals surface area contributed by atoms with E-state index in [0.29, 0.717) is 17.9 Å². The summed E-state index contributed by atoms with van der Waals surface area (Å²) in [4.78, 5) is 28.3. The van der Waals surface area contributed by atoms with Crippen LogP contribution in [0.1, 0.15) is 54.6 Å². The van der Waals surface area contributed by atoms with Crippen molar-refractivity contribution in [2.75, 3.05) is 18.4 Å². The monoisotopic (exact) mass is 380 g/mol. The summed E-state index contributed by atoms with van der Waals surface area (Å²) in [5.74, 6) is 0.584. The lowest BCUT2D eigenvalue weighted by Crippen LogP contribution is -2.30. The number of benzene rings is 1. The van der Waals surface area contributed by atoms with Crippen molar-refractivity contribution < 1.29 is 9.59 Å². The minimum Gasteiger partial charge on any atom is -0.350 e. The second-order valence-electron chi connectivity index (χ2n) is 7.33. The number of hydrogen-bond donors (Lipinski definition) is 3. The number of anilines is 1. The first kappa shape index (κ1) is 20.0. The Morgan fingerprint density at radius 2 is 1.79 bits per heavy atom. The topological polar surface area (TPSA) is 83.1 Å². The van der Waals surface area contributed by atoms with Crippen molar-refractivity contribution in [3.63, 3.8) is 0 Å². The first-order valence-electron chi connectivity index (χ1n) is 9.93. The maximum atomic E-state index is 12.2. The molecule has 0 spiro atoms. The lowest BCUT2D eigenvalue weighted by atomic mass is 9.93. The minimum atomic E-state index is -0.172. The van der Waals surface area contributed by atoms with Crippen LogP contribution in [0.2, 0.25) is 0 Å². The van der Waals surface area contributed by atoms with Gasteiger partial charge in [-0.1, -0.05) is 12.1 Å². The number of rotatable bonds is 7. The molecule has 1 fully saturated rings. The number of nitrogens with zero attached hydrogens (tertiary/aromatic N) is 1. The molecule has 1 aromatic heterocycles. The molecular formula is C22H28N4O2. The Labute approximate surface area is 166 Å². The molecule has 1 unspecified atom stereocenters. The van der Waals surface area contributed by atoms with E-state index in [-0.39, 0.29) is 17.9 Å². The Morgan fingerprint density at radius 1 is 1.11 bits per heavy atom. The van der Waals surface area contributed by atoms with E-state index in [0.717, 1.165) is 43.6 Å². The zero-order valence-corrected chi connectivity index (χ0v) is 16.3. The van der Waals surface area contributed by atoms with Crippen molar-refractivity contribution in [1.82, 2.24) is 15.6 Å². The molecule has 1 saturated heterocycles. The van der Waals surface area contributed by atoms with Crippen LogP contribution in [0, 0.1) is 5.92 Å². The standard InChI is InChI=1S/C22H28N4O2/c1-16(25-21(27)7-2-17-8-12-23-13-9-17)18-3-5-20(6-4-18)26-22(28)19-10-14-24-15-11-19/h3-6,10-11,14-17,23H,2,7-9,12-13H2,1H3,(H,25,27)(H,26,28). The molecule has 1 aliphatic heterocycles. The van der Waals surface area contributed by atoms with Crippen molar-refractivity contribution in [1.29, 1.82) is 0 Å². The van der Waals surface area contributed by atoms with Crippen LogP contribution in [0.5, 0.6) is 0 Å². The molecule has 0 bridgehead atoms. The van der Waals surface area contributed by atoms with Gasteiger partial charge in [-0.25, -0.2) is 0 Å². The normalized spacial score (nSPS) is 15.6. The number of nitrogens with one attached hydrogen (secondary N) is 3. The third kappa shape index (κ3) is 5.89. The minimum absolute atomic E-state index is 0.0644. The van der Waals surface area contributed by atoms with Crippen molar-refractivity contribution in [3.05, 3.63) is 59.9 Å². The Kier molecular flexibility index (Phi) is 7.14. The summed E-state index contributed by atoms with van der Waals surface area (Å²) in [6, 6.07) is 10.8. The van der Waals surface area contributed by atoms with Crippen molar-refractivity contribution in [2.45, 2.75) is 38.6 Å². The maximum absolute atomic E-state index is 12.2. The maximum Gasteiger partial charge on any atom is 0.255 e. The van der Waals surface area contributed by atoms with Gasteiger partial charge in [0.25, 0.3) is 5.91 Å². The van der Waals surface area contributed by atoms with Crippen LogP contribution < -0.4 is 16.0 Å². The Balaban J connectivity index is 1.47. The number of carbonyl (C=O) groups is 2. The molecule has 3 rings (SSSR count). The van der Waals surface area contributed by atoms with E-state index in [1.165, 1.54) is 0 Å². The summed E-state index contributed by atoms with van der Waals surface area (Å²) in [6.07, 6.45) is 7.04. The molecular weight excluding hydrogens is 352 g/mol. The predicted octanol–water partition coefficient (Wildman–Crippen LogP) is 3.29. The molecule has 1 atom stereocenters. The highest BCUT2D eigenvalue weighted by atomic mass is 16.2. The second kappa shape index (κ2) is 9.99. The molecule has 1 aromatic carbocycles. The zero-order chi connectivity index (χ0) is 19.8.